The molecule has 1 saturated heterocycles. The monoisotopic (exact) mass is 827 g/mol. The fourth-order valence-corrected chi connectivity index (χ4v) is 8.45. The number of nitrogen functional groups attached to an aromatic ring is 1. The maximum Gasteiger partial charge on any atom is 0.472 e. The van der Waals surface area contributed by atoms with Crippen LogP contribution in [0.2, 0.25) is 0 Å². The number of pyridine rings is 1. The predicted molar refractivity (Wildman–Crippen MR) is 211 cm³/mol. The van der Waals surface area contributed by atoms with Gasteiger partial charge in [-0.3, -0.25) is 9.05 Å². The van der Waals surface area contributed by atoms with Gasteiger partial charge in [0.25, 0.3) is 0 Å². The van der Waals surface area contributed by atoms with Crippen LogP contribution >= 0.6 is 7.82 Å². The molecule has 1 aliphatic carbocycles. The fraction of sp³-hybridized carbons (Fsp3) is 0.675. The van der Waals surface area contributed by atoms with Crippen molar-refractivity contribution in [2.45, 2.75) is 145 Å². The molecule has 0 amide bonds. The van der Waals surface area contributed by atoms with E-state index in [4.69, 9.17) is 33.7 Å². The Morgan fingerprint density at radius 2 is 1.62 bits per heavy atom. The number of hydrogen-bond acceptors (Lipinski definition) is 15. The molecule has 2 unspecified atom stereocenters. The number of phosphoric acid groups is 1. The topological polar surface area (TPSA) is 250 Å². The second kappa shape index (κ2) is 21.4. The van der Waals surface area contributed by atoms with E-state index in [-0.39, 0.29) is 35.3 Å². The van der Waals surface area contributed by atoms with Gasteiger partial charge in [0.2, 0.25) is 5.60 Å². The smallest absolute Gasteiger partial charge is 0.472 e. The van der Waals surface area contributed by atoms with Crippen LogP contribution < -0.4 is 15.2 Å². The third-order valence-electron chi connectivity index (χ3n) is 10.8. The summed E-state index contributed by atoms with van der Waals surface area (Å²) in [5.74, 6) is 0.492. The van der Waals surface area contributed by atoms with Gasteiger partial charge in [0.05, 0.1) is 32.2 Å². The highest BCUT2D eigenvalue weighted by Gasteiger charge is 2.83. The summed E-state index contributed by atoms with van der Waals surface area (Å²) in [6.45, 7) is 2.17. The maximum atomic E-state index is 13.2. The molecule has 0 bridgehead atoms. The number of nitrogens with zero attached hydrogens (tertiary/aromatic N) is 6. The summed E-state index contributed by atoms with van der Waals surface area (Å²) in [7, 11) is -3.54. The molecule has 2 fully saturated rings. The van der Waals surface area contributed by atoms with Crippen molar-refractivity contribution in [3.8, 4) is 23.6 Å². The summed E-state index contributed by atoms with van der Waals surface area (Å²) >= 11 is 0. The lowest BCUT2D eigenvalue weighted by Gasteiger charge is -2.29. The van der Waals surface area contributed by atoms with Crippen LogP contribution in [0.1, 0.15) is 121 Å². The Kier molecular flexibility index (Phi) is 16.7. The lowest BCUT2D eigenvalue weighted by molar-refractivity contribution is -0.106. The van der Waals surface area contributed by atoms with Crippen molar-refractivity contribution in [2.75, 3.05) is 32.7 Å². The summed E-state index contributed by atoms with van der Waals surface area (Å²) in [6, 6.07) is 8.29. The molecule has 4 heterocycles. The Morgan fingerprint density at radius 1 is 0.983 bits per heavy atom. The second-order valence-electron chi connectivity index (χ2n) is 15.1. The number of phosphoric ester groups is 1. The lowest BCUT2D eigenvalue weighted by Crippen LogP contribution is -2.47. The third kappa shape index (κ3) is 11.0. The van der Waals surface area contributed by atoms with Crippen LogP contribution in [0.4, 0.5) is 5.82 Å². The third-order valence-corrected chi connectivity index (χ3v) is 11.8. The first-order chi connectivity index (χ1) is 28.0. The standard InChI is InChI=1S/C40H58N7O10P/c1-3-4-5-6-7-8-9-10-11-12-13-14-15-16-17-18-21-53-25-30(55-29-22-33(52-2)31(23-41)44-24-29)26-54-58(50,51)57-36-35-40(36,49)38(48)39(27-42,56-35)34-20-19-32-37(43)45-28-46-47(32)34/h19-20,22,24,28,30,35-36,38,48-49H,3-18,21,25-26H2,1-2H3,(H,50,51)(H2,43,45,46)/t30-,35-,36?,38+,39+,40+/m1/s1. The van der Waals surface area contributed by atoms with Gasteiger partial charge in [-0.05, 0) is 18.6 Å². The zero-order valence-electron chi connectivity index (χ0n) is 33.5. The van der Waals surface area contributed by atoms with E-state index in [0.29, 0.717) is 12.1 Å². The van der Waals surface area contributed by atoms with Gasteiger partial charge >= 0.3 is 7.82 Å². The van der Waals surface area contributed by atoms with Crippen molar-refractivity contribution in [1.29, 1.82) is 10.5 Å². The Morgan fingerprint density at radius 3 is 2.19 bits per heavy atom. The molecule has 18 heteroatoms. The second-order valence-corrected chi connectivity index (χ2v) is 16.5. The van der Waals surface area contributed by atoms with Gasteiger partial charge in [0, 0.05) is 12.7 Å². The zero-order chi connectivity index (χ0) is 41.6. The first-order valence-corrected chi connectivity index (χ1v) is 22.0. The average molecular weight is 828 g/mol. The minimum Gasteiger partial charge on any atom is -0.494 e. The molecule has 3 aromatic rings. The molecule has 1 saturated carbocycles. The highest BCUT2D eigenvalue weighted by molar-refractivity contribution is 7.47. The molecule has 0 aromatic carbocycles. The number of nitrogens with two attached hydrogens (primary N) is 1. The molecule has 1 aliphatic heterocycles. The van der Waals surface area contributed by atoms with Crippen LogP contribution in [-0.4, -0.2) is 91.6 Å². The van der Waals surface area contributed by atoms with E-state index in [2.05, 4.69) is 22.0 Å². The molecule has 17 nitrogen and oxygen atoms in total. The minimum atomic E-state index is -4.93. The van der Waals surface area contributed by atoms with Gasteiger partial charge in [0.1, 0.15) is 54.1 Å². The number of unbranched alkanes of at least 4 members (excludes halogenated alkanes) is 15. The van der Waals surface area contributed by atoms with Crippen LogP contribution in [-0.2, 0) is 28.7 Å². The molecule has 2 aliphatic rings. The summed E-state index contributed by atoms with van der Waals surface area (Å²) in [4.78, 5) is 18.7. The molecule has 0 radical (unpaired) electrons. The van der Waals surface area contributed by atoms with E-state index in [1.54, 1.807) is 0 Å². The number of fused-ring (bicyclic) bond motifs is 2. The van der Waals surface area contributed by atoms with E-state index in [1.165, 1.54) is 119 Å². The van der Waals surface area contributed by atoms with Crippen LogP contribution in [0.15, 0.2) is 30.7 Å². The van der Waals surface area contributed by atoms with Crippen molar-refractivity contribution in [1.82, 2.24) is 19.6 Å². The Hall–Kier alpha value is -3.90. The highest BCUT2D eigenvalue weighted by Crippen LogP contribution is 2.63. The molecule has 3 aromatic heterocycles. The molecular formula is C40H58N7O10P. The van der Waals surface area contributed by atoms with Gasteiger partial charge in [-0.15, -0.1) is 0 Å². The summed E-state index contributed by atoms with van der Waals surface area (Å²) < 4.78 is 48.0. The molecule has 5 rings (SSSR count). The number of ether oxygens (including phenoxy) is 4. The predicted octanol–water partition coefficient (Wildman–Crippen LogP) is 6.04. The van der Waals surface area contributed by atoms with E-state index in [9.17, 15) is 30.2 Å². The van der Waals surface area contributed by atoms with Crippen molar-refractivity contribution in [2.24, 2.45) is 0 Å². The SMILES string of the molecule is CCCCCCCCCCCCCCCCCCOC[C@H](COP(=O)(O)OC1[C@H]2O[C@@](C#N)(c3ccc4c(N)ncnn34)[C@H](O)[C@@]12O)Oc1cnc(C#N)c(OC)c1. The molecule has 7 atom stereocenters. The number of nitriles is 2. The molecule has 5 N–H and O–H groups in total. The van der Waals surface area contributed by atoms with Gasteiger partial charge in [0.15, 0.2) is 22.9 Å². The zero-order valence-corrected chi connectivity index (χ0v) is 34.4. The van der Waals surface area contributed by atoms with Crippen LogP contribution in [0.3, 0.4) is 0 Å². The summed E-state index contributed by atoms with van der Waals surface area (Å²) in [5, 5.41) is 46.2. The number of aromatic nitrogens is 4. The maximum absolute atomic E-state index is 13.2. The number of aliphatic hydroxyl groups is 2. The van der Waals surface area contributed by atoms with Gasteiger partial charge in [-0.1, -0.05) is 103 Å². The Bertz CT molecular complexity index is 1910. The van der Waals surface area contributed by atoms with Crippen LogP contribution in [0.5, 0.6) is 11.5 Å². The Balaban J connectivity index is 1.06. The molecule has 0 spiro atoms. The van der Waals surface area contributed by atoms with Crippen LogP contribution in [0.25, 0.3) is 5.52 Å². The molecule has 58 heavy (non-hydrogen) atoms. The largest absolute Gasteiger partial charge is 0.494 e. The molecular weight excluding hydrogens is 769 g/mol. The van der Waals surface area contributed by atoms with E-state index in [1.807, 2.05) is 12.1 Å². The van der Waals surface area contributed by atoms with Crippen molar-refractivity contribution < 1.29 is 47.7 Å². The average Bonchev–Trinajstić information content (AvgIpc) is 3.45. The summed E-state index contributed by atoms with van der Waals surface area (Å²) in [6.07, 6.45) is 16.9. The Labute approximate surface area is 340 Å². The molecule has 318 valence electrons. The van der Waals surface area contributed by atoms with E-state index >= 15 is 0 Å². The van der Waals surface area contributed by atoms with Gasteiger partial charge in [-0.2, -0.15) is 15.6 Å². The first-order valence-electron chi connectivity index (χ1n) is 20.5. The number of aliphatic hydroxyl groups excluding tert-OH is 1. The number of hydrogen-bond donors (Lipinski definition) is 4. The minimum absolute atomic E-state index is 0.0249. The fourth-order valence-electron chi connectivity index (χ4n) is 7.47. The van der Waals surface area contributed by atoms with Gasteiger partial charge < -0.3 is 39.8 Å². The number of methoxy groups -OCH3 is 1. The van der Waals surface area contributed by atoms with Crippen molar-refractivity contribution >= 4 is 19.2 Å². The number of rotatable bonds is 28. The lowest BCUT2D eigenvalue weighted by atomic mass is 9.90. The summed E-state index contributed by atoms with van der Waals surface area (Å²) in [5.41, 5.74) is 2.05. The quantitative estimate of drug-likeness (QED) is 0.0481. The number of anilines is 1. The van der Waals surface area contributed by atoms with Crippen LogP contribution in [0, 0.1) is 22.7 Å². The van der Waals surface area contributed by atoms with Crippen molar-refractivity contribution in [3.05, 3.63) is 42.1 Å². The first kappa shape index (κ1) is 45.2. The highest BCUT2D eigenvalue weighted by atomic mass is 31.2. The van der Waals surface area contributed by atoms with E-state index in [0.717, 1.165) is 25.6 Å². The van der Waals surface area contributed by atoms with E-state index < -0.39 is 50.0 Å². The van der Waals surface area contributed by atoms with Gasteiger partial charge in [-0.25, -0.2) is 19.0 Å². The normalized spacial score (nSPS) is 23.8. The van der Waals surface area contributed by atoms with Crippen molar-refractivity contribution in [3.63, 3.8) is 0 Å².